The van der Waals surface area contributed by atoms with Crippen LogP contribution in [0.2, 0.25) is 5.02 Å². The molecular formula is C17H22ClN3O2. The molecule has 1 amide bonds. The van der Waals surface area contributed by atoms with E-state index in [9.17, 15) is 9.90 Å². The number of nitrogens with zero attached hydrogens (tertiary/aromatic N) is 2. The van der Waals surface area contributed by atoms with Gasteiger partial charge in [-0.2, -0.15) is 5.10 Å². The molecule has 2 rings (SSSR count). The van der Waals surface area contributed by atoms with Crippen LogP contribution >= 0.6 is 11.6 Å². The Labute approximate surface area is 141 Å². The minimum absolute atomic E-state index is 0.134. The molecule has 1 heterocycles. The number of hydrogen-bond acceptors (Lipinski definition) is 3. The number of rotatable bonds is 6. The van der Waals surface area contributed by atoms with Gasteiger partial charge >= 0.3 is 0 Å². The van der Waals surface area contributed by atoms with Crippen molar-refractivity contribution in [2.24, 2.45) is 5.92 Å². The van der Waals surface area contributed by atoms with Gasteiger partial charge in [-0.15, -0.1) is 0 Å². The molecule has 23 heavy (non-hydrogen) atoms. The first-order valence-corrected chi connectivity index (χ1v) is 8.00. The molecule has 0 saturated heterocycles. The number of amides is 1. The Morgan fingerprint density at radius 2 is 2.00 bits per heavy atom. The first-order valence-electron chi connectivity index (χ1n) is 7.62. The fourth-order valence-electron chi connectivity index (χ4n) is 2.29. The molecule has 6 heteroatoms. The SMILES string of the molecule is Cc1c(C(=O)NCC(O)c2ccc(Cl)cc2)cnn1CC(C)C. The van der Waals surface area contributed by atoms with Crippen LogP contribution in [0.4, 0.5) is 0 Å². The third kappa shape index (κ3) is 4.56. The molecule has 0 aliphatic rings. The average Bonchev–Trinajstić information content (AvgIpc) is 2.86. The normalized spacial score (nSPS) is 12.4. The lowest BCUT2D eigenvalue weighted by atomic mass is 10.1. The summed E-state index contributed by atoms with van der Waals surface area (Å²) in [5, 5.41) is 17.7. The molecule has 0 radical (unpaired) electrons. The van der Waals surface area contributed by atoms with Gasteiger partial charge in [-0.25, -0.2) is 0 Å². The summed E-state index contributed by atoms with van der Waals surface area (Å²) in [7, 11) is 0. The number of aliphatic hydroxyl groups excluding tert-OH is 1. The maximum absolute atomic E-state index is 12.3. The van der Waals surface area contributed by atoms with Gasteiger partial charge in [-0.1, -0.05) is 37.6 Å². The monoisotopic (exact) mass is 335 g/mol. The number of aliphatic hydroxyl groups is 1. The predicted molar refractivity (Wildman–Crippen MR) is 90.5 cm³/mol. The fraction of sp³-hybridized carbons (Fsp3) is 0.412. The Bertz CT molecular complexity index is 665. The van der Waals surface area contributed by atoms with Crippen LogP contribution in [0.5, 0.6) is 0 Å². The van der Waals surface area contributed by atoms with Gasteiger partial charge < -0.3 is 10.4 Å². The highest BCUT2D eigenvalue weighted by Crippen LogP contribution is 2.16. The zero-order chi connectivity index (χ0) is 17.0. The number of carbonyl (C=O) groups is 1. The quantitative estimate of drug-likeness (QED) is 0.852. The van der Waals surface area contributed by atoms with E-state index in [2.05, 4.69) is 24.3 Å². The lowest BCUT2D eigenvalue weighted by molar-refractivity contribution is 0.0915. The van der Waals surface area contributed by atoms with Crippen LogP contribution in [0.1, 0.15) is 41.6 Å². The minimum Gasteiger partial charge on any atom is -0.387 e. The van der Waals surface area contributed by atoms with E-state index >= 15 is 0 Å². The summed E-state index contributed by atoms with van der Waals surface area (Å²) in [5.74, 6) is 0.224. The van der Waals surface area contributed by atoms with E-state index in [4.69, 9.17) is 11.6 Å². The largest absolute Gasteiger partial charge is 0.387 e. The van der Waals surface area contributed by atoms with Gasteiger partial charge in [0.2, 0.25) is 0 Å². The summed E-state index contributed by atoms with van der Waals surface area (Å²) >= 11 is 5.82. The summed E-state index contributed by atoms with van der Waals surface area (Å²) < 4.78 is 1.83. The highest BCUT2D eigenvalue weighted by molar-refractivity contribution is 6.30. The summed E-state index contributed by atoms with van der Waals surface area (Å²) in [4.78, 5) is 12.3. The summed E-state index contributed by atoms with van der Waals surface area (Å²) in [6.45, 7) is 6.98. The highest BCUT2D eigenvalue weighted by atomic mass is 35.5. The highest BCUT2D eigenvalue weighted by Gasteiger charge is 2.16. The van der Waals surface area contributed by atoms with E-state index < -0.39 is 6.10 Å². The summed E-state index contributed by atoms with van der Waals surface area (Å²) in [6.07, 6.45) is 0.795. The molecule has 0 fully saturated rings. The van der Waals surface area contributed by atoms with E-state index in [0.29, 0.717) is 22.1 Å². The van der Waals surface area contributed by atoms with E-state index in [-0.39, 0.29) is 12.5 Å². The number of benzene rings is 1. The maximum atomic E-state index is 12.3. The Hall–Kier alpha value is -1.85. The van der Waals surface area contributed by atoms with Crippen molar-refractivity contribution in [1.82, 2.24) is 15.1 Å². The van der Waals surface area contributed by atoms with E-state index in [0.717, 1.165) is 12.2 Å². The Kier molecular flexibility index (Phi) is 5.80. The topological polar surface area (TPSA) is 67.2 Å². The van der Waals surface area contributed by atoms with Crippen LogP contribution in [-0.2, 0) is 6.54 Å². The third-order valence-corrected chi connectivity index (χ3v) is 3.85. The van der Waals surface area contributed by atoms with Gasteiger partial charge in [0.15, 0.2) is 0 Å². The predicted octanol–water partition coefficient (Wildman–Crippen LogP) is 2.96. The van der Waals surface area contributed by atoms with Crippen LogP contribution in [0.15, 0.2) is 30.5 Å². The van der Waals surface area contributed by atoms with Gasteiger partial charge in [-0.3, -0.25) is 9.48 Å². The van der Waals surface area contributed by atoms with Gasteiger partial charge in [0.25, 0.3) is 5.91 Å². The second kappa shape index (κ2) is 7.62. The fourth-order valence-corrected chi connectivity index (χ4v) is 2.41. The minimum atomic E-state index is -0.776. The van der Waals surface area contributed by atoms with Crippen LogP contribution in [0.25, 0.3) is 0 Å². The molecular weight excluding hydrogens is 314 g/mol. The molecule has 2 N–H and O–H groups in total. The lowest BCUT2D eigenvalue weighted by Crippen LogP contribution is -2.28. The van der Waals surface area contributed by atoms with Crippen LogP contribution in [0, 0.1) is 12.8 Å². The second-order valence-corrected chi connectivity index (χ2v) is 6.43. The van der Waals surface area contributed by atoms with Gasteiger partial charge in [0.1, 0.15) is 0 Å². The molecule has 0 saturated carbocycles. The Morgan fingerprint density at radius 1 is 1.35 bits per heavy atom. The molecule has 1 aromatic carbocycles. The maximum Gasteiger partial charge on any atom is 0.254 e. The van der Waals surface area contributed by atoms with Crippen molar-refractivity contribution in [2.75, 3.05) is 6.54 Å². The summed E-state index contributed by atoms with van der Waals surface area (Å²) in [6, 6.07) is 6.90. The molecule has 5 nitrogen and oxygen atoms in total. The number of halogens is 1. The van der Waals surface area contributed by atoms with Gasteiger partial charge in [0.05, 0.1) is 17.9 Å². The number of hydrogen-bond donors (Lipinski definition) is 2. The van der Waals surface area contributed by atoms with E-state index in [1.165, 1.54) is 0 Å². The van der Waals surface area contributed by atoms with E-state index in [1.54, 1.807) is 30.5 Å². The van der Waals surface area contributed by atoms with Crippen molar-refractivity contribution < 1.29 is 9.90 Å². The van der Waals surface area contributed by atoms with Gasteiger partial charge in [-0.05, 0) is 30.5 Å². The molecule has 0 bridgehead atoms. The number of nitrogens with one attached hydrogen (secondary N) is 1. The van der Waals surface area contributed by atoms with E-state index in [1.807, 2.05) is 11.6 Å². The number of carbonyl (C=O) groups excluding carboxylic acids is 1. The molecule has 1 aromatic heterocycles. The average molecular weight is 336 g/mol. The van der Waals surface area contributed by atoms with Gasteiger partial charge in [0, 0.05) is 23.8 Å². The molecule has 124 valence electrons. The zero-order valence-corrected chi connectivity index (χ0v) is 14.3. The first-order chi connectivity index (χ1) is 10.9. The molecule has 2 aromatic rings. The molecule has 0 aliphatic carbocycles. The van der Waals surface area contributed by atoms with Crippen LogP contribution in [0.3, 0.4) is 0 Å². The number of aromatic nitrogens is 2. The Balaban J connectivity index is 1.97. The van der Waals surface area contributed by atoms with Crippen molar-refractivity contribution >= 4 is 17.5 Å². The van der Waals surface area contributed by atoms with Crippen molar-refractivity contribution in [3.63, 3.8) is 0 Å². The smallest absolute Gasteiger partial charge is 0.254 e. The third-order valence-electron chi connectivity index (χ3n) is 3.60. The molecule has 1 unspecified atom stereocenters. The molecule has 0 aliphatic heterocycles. The molecule has 0 spiro atoms. The van der Waals surface area contributed by atoms with Crippen molar-refractivity contribution in [1.29, 1.82) is 0 Å². The second-order valence-electron chi connectivity index (χ2n) is 6.00. The Morgan fingerprint density at radius 3 is 2.61 bits per heavy atom. The van der Waals surface area contributed by atoms with Crippen LogP contribution < -0.4 is 5.32 Å². The molecule has 1 atom stereocenters. The van der Waals surface area contributed by atoms with Crippen LogP contribution in [-0.4, -0.2) is 27.3 Å². The lowest BCUT2D eigenvalue weighted by Gasteiger charge is -2.12. The zero-order valence-electron chi connectivity index (χ0n) is 13.6. The standard InChI is InChI=1S/C17H22ClN3O2/c1-11(2)10-21-12(3)15(8-20-21)17(23)19-9-16(22)13-4-6-14(18)7-5-13/h4-8,11,16,22H,9-10H2,1-3H3,(H,19,23). The van der Waals surface area contributed by atoms with Crippen molar-refractivity contribution in [2.45, 2.75) is 33.4 Å². The van der Waals surface area contributed by atoms with Crippen molar-refractivity contribution in [3.8, 4) is 0 Å². The first kappa shape index (κ1) is 17.5. The van der Waals surface area contributed by atoms with Crippen molar-refractivity contribution in [3.05, 3.63) is 52.3 Å². The summed E-state index contributed by atoms with van der Waals surface area (Å²) in [5.41, 5.74) is 2.08.